The van der Waals surface area contributed by atoms with Gasteiger partial charge in [0.1, 0.15) is 23.1 Å². The molecule has 0 saturated heterocycles. The Hall–Kier alpha value is -2.30. The maximum Gasteiger partial charge on any atom is 0.145 e. The molecule has 0 bridgehead atoms. The monoisotopic (exact) mass is 279 g/mol. The molecule has 0 aliphatic carbocycles. The Bertz CT molecular complexity index is 602. The number of halogens is 2. The van der Waals surface area contributed by atoms with Crippen LogP contribution in [0.1, 0.15) is 12.5 Å². The van der Waals surface area contributed by atoms with E-state index in [1.807, 2.05) is 0 Å². The van der Waals surface area contributed by atoms with Gasteiger partial charge in [-0.15, -0.1) is 0 Å². The van der Waals surface area contributed by atoms with E-state index in [9.17, 15) is 13.9 Å². The lowest BCUT2D eigenvalue weighted by molar-refractivity contribution is 0.339. The van der Waals surface area contributed by atoms with Crippen molar-refractivity contribution in [3.63, 3.8) is 0 Å². The van der Waals surface area contributed by atoms with Crippen LogP contribution in [0.2, 0.25) is 0 Å². The van der Waals surface area contributed by atoms with Crippen molar-refractivity contribution in [2.24, 2.45) is 0 Å². The number of nitrogens with one attached hydrogen (secondary N) is 1. The van der Waals surface area contributed by atoms with Crippen LogP contribution in [0.3, 0.4) is 0 Å². The first-order valence-corrected chi connectivity index (χ1v) is 6.23. The fourth-order valence-electron chi connectivity index (χ4n) is 1.80. The summed E-state index contributed by atoms with van der Waals surface area (Å²) in [5.74, 6) is -0.446. The highest BCUT2D eigenvalue weighted by Crippen LogP contribution is 2.27. The van der Waals surface area contributed by atoms with E-state index in [1.165, 1.54) is 36.4 Å². The Morgan fingerprint density at radius 3 is 2.55 bits per heavy atom. The van der Waals surface area contributed by atoms with Crippen LogP contribution >= 0.6 is 0 Å². The first kappa shape index (κ1) is 14.1. The molecule has 2 aromatic carbocycles. The molecule has 0 aromatic heterocycles. The molecule has 0 radical (unpaired) electrons. The smallest absolute Gasteiger partial charge is 0.145 e. The number of hydrogen-bond donors (Lipinski definition) is 2. The quantitative estimate of drug-likeness (QED) is 0.877. The lowest BCUT2D eigenvalue weighted by Crippen LogP contribution is -2.03. The maximum atomic E-state index is 13.2. The summed E-state index contributed by atoms with van der Waals surface area (Å²) in [5, 5.41) is 12.6. The van der Waals surface area contributed by atoms with Gasteiger partial charge in [-0.25, -0.2) is 8.78 Å². The SMILES string of the molecule is CCOc1cc(F)ccc1NCc1cc(F)ccc1O. The molecule has 2 aromatic rings. The first-order chi connectivity index (χ1) is 9.60. The summed E-state index contributed by atoms with van der Waals surface area (Å²) in [6, 6.07) is 7.83. The normalized spacial score (nSPS) is 10.3. The van der Waals surface area contributed by atoms with Crippen molar-refractivity contribution in [1.82, 2.24) is 0 Å². The third-order valence-corrected chi connectivity index (χ3v) is 2.75. The average Bonchev–Trinajstić information content (AvgIpc) is 2.42. The molecule has 0 amide bonds. The zero-order chi connectivity index (χ0) is 14.5. The molecule has 0 saturated carbocycles. The second-order valence-corrected chi connectivity index (χ2v) is 4.20. The molecule has 3 nitrogen and oxygen atoms in total. The first-order valence-electron chi connectivity index (χ1n) is 6.23. The van der Waals surface area contributed by atoms with Gasteiger partial charge in [0, 0.05) is 18.2 Å². The zero-order valence-electron chi connectivity index (χ0n) is 11.0. The zero-order valence-corrected chi connectivity index (χ0v) is 11.0. The molecule has 2 N–H and O–H groups in total. The molecular formula is C15H15F2NO2. The molecule has 2 rings (SSSR count). The van der Waals surface area contributed by atoms with E-state index in [4.69, 9.17) is 4.74 Å². The molecule has 0 heterocycles. The van der Waals surface area contributed by atoms with Crippen molar-refractivity contribution in [2.45, 2.75) is 13.5 Å². The Kier molecular flexibility index (Phi) is 4.40. The maximum absolute atomic E-state index is 13.2. The minimum absolute atomic E-state index is 0.000952. The van der Waals surface area contributed by atoms with E-state index in [-0.39, 0.29) is 12.3 Å². The van der Waals surface area contributed by atoms with Crippen LogP contribution in [0.25, 0.3) is 0 Å². The largest absolute Gasteiger partial charge is 0.508 e. The van der Waals surface area contributed by atoms with Gasteiger partial charge in [-0.1, -0.05) is 0 Å². The Balaban J connectivity index is 2.16. The van der Waals surface area contributed by atoms with Gasteiger partial charge in [0.15, 0.2) is 0 Å². The number of phenolic OH excluding ortho intramolecular Hbond substituents is 1. The van der Waals surface area contributed by atoms with Gasteiger partial charge < -0.3 is 15.2 Å². The van der Waals surface area contributed by atoms with E-state index in [2.05, 4.69) is 5.32 Å². The highest BCUT2D eigenvalue weighted by atomic mass is 19.1. The molecule has 20 heavy (non-hydrogen) atoms. The highest BCUT2D eigenvalue weighted by Gasteiger charge is 2.07. The summed E-state index contributed by atoms with van der Waals surface area (Å²) in [5.41, 5.74) is 0.994. The number of ether oxygens (including phenoxy) is 1. The van der Waals surface area contributed by atoms with Crippen LogP contribution in [-0.2, 0) is 6.54 Å². The summed E-state index contributed by atoms with van der Waals surface area (Å²) >= 11 is 0. The van der Waals surface area contributed by atoms with Gasteiger partial charge in [-0.2, -0.15) is 0 Å². The molecular weight excluding hydrogens is 264 g/mol. The van der Waals surface area contributed by atoms with Crippen LogP contribution in [0, 0.1) is 11.6 Å². The van der Waals surface area contributed by atoms with Crippen LogP contribution in [0.15, 0.2) is 36.4 Å². The summed E-state index contributed by atoms with van der Waals surface area (Å²) in [4.78, 5) is 0. The Labute approximate surface area is 115 Å². The van der Waals surface area contributed by atoms with Gasteiger partial charge in [0.2, 0.25) is 0 Å². The number of rotatable bonds is 5. The van der Waals surface area contributed by atoms with Crippen molar-refractivity contribution in [1.29, 1.82) is 0 Å². The van der Waals surface area contributed by atoms with E-state index < -0.39 is 11.6 Å². The van der Waals surface area contributed by atoms with Gasteiger partial charge in [-0.3, -0.25) is 0 Å². The minimum Gasteiger partial charge on any atom is -0.508 e. The molecule has 106 valence electrons. The van der Waals surface area contributed by atoms with Crippen molar-refractivity contribution in [2.75, 3.05) is 11.9 Å². The van der Waals surface area contributed by atoms with Crippen LogP contribution in [-0.4, -0.2) is 11.7 Å². The third-order valence-electron chi connectivity index (χ3n) is 2.75. The Morgan fingerprint density at radius 2 is 1.80 bits per heavy atom. The van der Waals surface area contributed by atoms with Gasteiger partial charge in [-0.05, 0) is 37.3 Å². The molecule has 0 fully saturated rings. The highest BCUT2D eigenvalue weighted by molar-refractivity contribution is 5.57. The minimum atomic E-state index is -0.427. The lowest BCUT2D eigenvalue weighted by Gasteiger charge is -2.13. The Morgan fingerprint density at radius 1 is 1.10 bits per heavy atom. The van der Waals surface area contributed by atoms with E-state index in [0.717, 1.165) is 0 Å². The second-order valence-electron chi connectivity index (χ2n) is 4.20. The number of phenols is 1. The van der Waals surface area contributed by atoms with E-state index >= 15 is 0 Å². The van der Waals surface area contributed by atoms with Crippen LogP contribution in [0.5, 0.6) is 11.5 Å². The van der Waals surface area contributed by atoms with E-state index in [1.54, 1.807) is 6.92 Å². The average molecular weight is 279 g/mol. The van der Waals surface area contributed by atoms with Gasteiger partial charge >= 0.3 is 0 Å². The van der Waals surface area contributed by atoms with Crippen molar-refractivity contribution in [3.8, 4) is 11.5 Å². The third kappa shape index (κ3) is 3.38. The number of hydrogen-bond acceptors (Lipinski definition) is 3. The van der Waals surface area contributed by atoms with Gasteiger partial charge in [0.25, 0.3) is 0 Å². The summed E-state index contributed by atoms with van der Waals surface area (Å²) in [6.45, 7) is 2.41. The lowest BCUT2D eigenvalue weighted by atomic mass is 10.2. The predicted molar refractivity (Wildman–Crippen MR) is 73.0 cm³/mol. The van der Waals surface area contributed by atoms with Crippen molar-refractivity contribution >= 4 is 5.69 Å². The molecule has 5 heteroatoms. The summed E-state index contributed by atoms with van der Waals surface area (Å²) in [6.07, 6.45) is 0. The van der Waals surface area contributed by atoms with Crippen LogP contribution in [0.4, 0.5) is 14.5 Å². The van der Waals surface area contributed by atoms with Crippen LogP contribution < -0.4 is 10.1 Å². The predicted octanol–water partition coefficient (Wildman–Crippen LogP) is 3.68. The fraction of sp³-hybridized carbons (Fsp3) is 0.200. The molecule has 0 atom stereocenters. The van der Waals surface area contributed by atoms with Gasteiger partial charge in [0.05, 0.1) is 12.3 Å². The molecule has 0 unspecified atom stereocenters. The van der Waals surface area contributed by atoms with Crippen molar-refractivity contribution < 1.29 is 18.6 Å². The fourth-order valence-corrected chi connectivity index (χ4v) is 1.80. The van der Waals surface area contributed by atoms with Crippen molar-refractivity contribution in [3.05, 3.63) is 53.6 Å². The number of anilines is 1. The summed E-state index contributed by atoms with van der Waals surface area (Å²) < 4.78 is 31.6. The summed E-state index contributed by atoms with van der Waals surface area (Å²) in [7, 11) is 0. The second kappa shape index (κ2) is 6.23. The molecule has 0 aliphatic rings. The standard InChI is InChI=1S/C15H15F2NO2/c1-2-20-15-8-12(17)3-5-13(15)18-9-10-7-11(16)4-6-14(10)19/h3-8,18-19H,2,9H2,1H3. The van der Waals surface area contributed by atoms with E-state index in [0.29, 0.717) is 23.6 Å². The molecule has 0 aliphatic heterocycles. The number of benzene rings is 2. The number of aromatic hydroxyl groups is 1. The topological polar surface area (TPSA) is 41.5 Å². The molecule has 0 spiro atoms.